The number of allylic oxidation sites excluding steroid dienone is 1. The Morgan fingerprint density at radius 2 is 2.00 bits per heavy atom. The van der Waals surface area contributed by atoms with E-state index in [2.05, 4.69) is 0 Å². The normalized spacial score (nSPS) is 14.1. The first-order chi connectivity index (χ1) is 13.6. The summed E-state index contributed by atoms with van der Waals surface area (Å²) in [5.41, 5.74) is 4.79. The van der Waals surface area contributed by atoms with E-state index in [1.165, 1.54) is 0 Å². The van der Waals surface area contributed by atoms with Crippen LogP contribution in [0.15, 0.2) is 42.5 Å². The fraction of sp³-hybridized carbons (Fsp3) is 0.136. The molecule has 1 heterocycles. The molecule has 1 aliphatic rings. The zero-order valence-corrected chi connectivity index (χ0v) is 16.2. The van der Waals surface area contributed by atoms with Crippen LogP contribution in [0.4, 0.5) is 0 Å². The molecule has 3 aromatic rings. The van der Waals surface area contributed by atoms with Gasteiger partial charge in [0, 0.05) is 5.39 Å². The Labute approximate surface area is 172 Å². The molecule has 0 radical (unpaired) electrons. The minimum absolute atomic E-state index is 0.282. The highest BCUT2D eigenvalue weighted by atomic mass is 35.5. The van der Waals surface area contributed by atoms with Crippen LogP contribution in [-0.2, 0) is 11.2 Å². The lowest BCUT2D eigenvalue weighted by Gasteiger charge is -2.11. The lowest BCUT2D eigenvalue weighted by Crippen LogP contribution is -2.10. The van der Waals surface area contributed by atoms with Gasteiger partial charge in [0.2, 0.25) is 0 Å². The predicted octanol–water partition coefficient (Wildman–Crippen LogP) is 5.71. The highest BCUT2D eigenvalue weighted by Crippen LogP contribution is 2.38. The van der Waals surface area contributed by atoms with Crippen molar-refractivity contribution in [2.24, 2.45) is 0 Å². The fourth-order valence-corrected chi connectivity index (χ4v) is 3.79. The van der Waals surface area contributed by atoms with Gasteiger partial charge in [0.1, 0.15) is 6.07 Å². The van der Waals surface area contributed by atoms with Crippen LogP contribution < -0.4 is 0 Å². The number of carbonyl (C=O) groups excluding carboxylic acids is 1. The highest BCUT2D eigenvalue weighted by Gasteiger charge is 2.27. The summed E-state index contributed by atoms with van der Waals surface area (Å²) in [7, 11) is 0. The summed E-state index contributed by atoms with van der Waals surface area (Å²) in [5, 5.41) is 10.5. The van der Waals surface area contributed by atoms with E-state index in [0.29, 0.717) is 27.5 Å². The molecule has 138 valence electrons. The van der Waals surface area contributed by atoms with Crippen molar-refractivity contribution in [1.82, 2.24) is 4.98 Å². The predicted molar refractivity (Wildman–Crippen MR) is 110 cm³/mol. The lowest BCUT2D eigenvalue weighted by atomic mass is 10.0. The van der Waals surface area contributed by atoms with E-state index in [0.717, 1.165) is 34.2 Å². The second-order valence-corrected chi connectivity index (χ2v) is 7.22. The van der Waals surface area contributed by atoms with Crippen molar-refractivity contribution in [3.05, 3.63) is 74.9 Å². The Morgan fingerprint density at radius 3 is 2.79 bits per heavy atom. The van der Waals surface area contributed by atoms with Gasteiger partial charge in [-0.1, -0.05) is 47.5 Å². The molecule has 0 atom stereocenters. The van der Waals surface area contributed by atoms with Gasteiger partial charge >= 0.3 is 5.97 Å². The molecular formula is C22H14Cl2N2O2. The molecule has 0 amide bonds. The summed E-state index contributed by atoms with van der Waals surface area (Å²) in [6.45, 7) is -0.282. The summed E-state index contributed by atoms with van der Waals surface area (Å²) in [4.78, 5) is 17.5. The number of rotatable bonds is 3. The standard InChI is InChI=1S/C22H14Cl2N2O2/c23-17-8-5-13(12-18(17)24)11-14-6-7-16-20(22(27)28-10-9-25)15-3-1-2-4-19(15)26-21(14)16/h1-5,8,11-12H,6-7,10H2. The molecule has 0 aliphatic heterocycles. The smallest absolute Gasteiger partial charge is 0.340 e. The van der Waals surface area contributed by atoms with Gasteiger partial charge in [-0.25, -0.2) is 9.78 Å². The monoisotopic (exact) mass is 408 g/mol. The van der Waals surface area contributed by atoms with Crippen molar-refractivity contribution in [1.29, 1.82) is 5.26 Å². The average molecular weight is 409 g/mol. The Hall–Kier alpha value is -2.87. The van der Waals surface area contributed by atoms with E-state index in [9.17, 15) is 4.79 Å². The molecule has 28 heavy (non-hydrogen) atoms. The van der Waals surface area contributed by atoms with Gasteiger partial charge in [-0.15, -0.1) is 0 Å². The topological polar surface area (TPSA) is 63.0 Å². The molecule has 0 N–H and O–H groups in total. The van der Waals surface area contributed by atoms with Crippen LogP contribution in [0.1, 0.15) is 33.6 Å². The van der Waals surface area contributed by atoms with Gasteiger partial charge in [-0.3, -0.25) is 0 Å². The van der Waals surface area contributed by atoms with Crippen LogP contribution in [0.3, 0.4) is 0 Å². The van der Waals surface area contributed by atoms with E-state index in [-0.39, 0.29) is 6.61 Å². The number of nitrogens with zero attached hydrogens (tertiary/aromatic N) is 2. The number of benzene rings is 2. The molecule has 0 bridgehead atoms. The van der Waals surface area contributed by atoms with Crippen molar-refractivity contribution < 1.29 is 9.53 Å². The molecule has 4 rings (SSSR count). The third kappa shape index (κ3) is 3.35. The summed E-state index contributed by atoms with van der Waals surface area (Å²) in [6.07, 6.45) is 3.44. The molecule has 1 aliphatic carbocycles. The number of aromatic nitrogens is 1. The Bertz CT molecular complexity index is 1180. The molecule has 0 saturated heterocycles. The van der Waals surface area contributed by atoms with Crippen LogP contribution >= 0.6 is 23.2 Å². The van der Waals surface area contributed by atoms with Crippen LogP contribution in [0.2, 0.25) is 10.0 Å². The number of pyridine rings is 1. The third-order valence-corrected chi connectivity index (χ3v) is 5.44. The van der Waals surface area contributed by atoms with Gasteiger partial charge in [-0.05, 0) is 53.8 Å². The van der Waals surface area contributed by atoms with Crippen molar-refractivity contribution >= 4 is 51.7 Å². The van der Waals surface area contributed by atoms with Gasteiger partial charge in [0.25, 0.3) is 0 Å². The number of carbonyl (C=O) groups is 1. The molecule has 0 spiro atoms. The number of ether oxygens (including phenoxy) is 1. The SMILES string of the molecule is N#CCOC(=O)c1c2c(nc3ccccc13)C(=Cc1ccc(Cl)c(Cl)c1)CC2. The summed E-state index contributed by atoms with van der Waals surface area (Å²) < 4.78 is 5.11. The van der Waals surface area contributed by atoms with E-state index in [4.69, 9.17) is 38.2 Å². The fourth-order valence-electron chi connectivity index (χ4n) is 3.49. The first-order valence-electron chi connectivity index (χ1n) is 8.70. The lowest BCUT2D eigenvalue weighted by molar-refractivity contribution is 0.0556. The maximum atomic E-state index is 12.7. The first-order valence-corrected chi connectivity index (χ1v) is 9.46. The molecule has 4 nitrogen and oxygen atoms in total. The van der Waals surface area contributed by atoms with Crippen molar-refractivity contribution in [2.75, 3.05) is 6.61 Å². The van der Waals surface area contributed by atoms with Gasteiger partial charge in [0.05, 0.1) is 26.8 Å². The van der Waals surface area contributed by atoms with Gasteiger partial charge in [0.15, 0.2) is 6.61 Å². The Balaban J connectivity index is 1.87. The summed E-state index contributed by atoms with van der Waals surface area (Å²) in [5.74, 6) is -0.493. The number of hydrogen-bond donors (Lipinski definition) is 0. The van der Waals surface area contributed by atoms with Crippen molar-refractivity contribution in [3.63, 3.8) is 0 Å². The van der Waals surface area contributed by atoms with Crippen LogP contribution in [-0.4, -0.2) is 17.6 Å². The zero-order valence-electron chi connectivity index (χ0n) is 14.7. The average Bonchev–Trinajstić information content (AvgIpc) is 3.09. The maximum Gasteiger partial charge on any atom is 0.340 e. The quantitative estimate of drug-likeness (QED) is 0.520. The second-order valence-electron chi connectivity index (χ2n) is 6.41. The summed E-state index contributed by atoms with van der Waals surface area (Å²) in [6, 6.07) is 14.8. The number of fused-ring (bicyclic) bond motifs is 2. The van der Waals surface area contributed by atoms with Crippen LogP contribution in [0.25, 0.3) is 22.6 Å². The molecule has 0 unspecified atom stereocenters. The highest BCUT2D eigenvalue weighted by molar-refractivity contribution is 6.42. The van der Waals surface area contributed by atoms with E-state index < -0.39 is 5.97 Å². The summed E-state index contributed by atoms with van der Waals surface area (Å²) >= 11 is 12.1. The van der Waals surface area contributed by atoms with E-state index in [1.54, 1.807) is 12.1 Å². The number of esters is 1. The largest absolute Gasteiger partial charge is 0.447 e. The molecule has 6 heteroatoms. The molecule has 0 saturated carbocycles. The number of para-hydroxylation sites is 1. The Kier molecular flexibility index (Phi) is 5.04. The minimum Gasteiger partial charge on any atom is -0.447 e. The second kappa shape index (κ2) is 7.63. The molecule has 2 aromatic carbocycles. The molecule has 1 aromatic heterocycles. The van der Waals surface area contributed by atoms with Gasteiger partial charge in [-0.2, -0.15) is 5.26 Å². The van der Waals surface area contributed by atoms with E-state index >= 15 is 0 Å². The Morgan fingerprint density at radius 1 is 1.18 bits per heavy atom. The number of nitriles is 1. The zero-order chi connectivity index (χ0) is 19.7. The minimum atomic E-state index is -0.493. The molecule has 0 fully saturated rings. The van der Waals surface area contributed by atoms with Crippen molar-refractivity contribution in [3.8, 4) is 6.07 Å². The van der Waals surface area contributed by atoms with Crippen LogP contribution in [0.5, 0.6) is 0 Å². The third-order valence-electron chi connectivity index (χ3n) is 4.70. The first kappa shape index (κ1) is 18.5. The van der Waals surface area contributed by atoms with Crippen molar-refractivity contribution in [2.45, 2.75) is 12.8 Å². The molecular weight excluding hydrogens is 395 g/mol. The number of halogens is 2. The van der Waals surface area contributed by atoms with Gasteiger partial charge < -0.3 is 4.74 Å². The number of hydrogen-bond acceptors (Lipinski definition) is 4. The van der Waals surface area contributed by atoms with E-state index in [1.807, 2.05) is 42.5 Å². The maximum absolute atomic E-state index is 12.7. The van der Waals surface area contributed by atoms with Crippen LogP contribution in [0, 0.1) is 11.3 Å².